The maximum absolute atomic E-state index is 9.34. The van der Waals surface area contributed by atoms with Crippen molar-refractivity contribution in [3.05, 3.63) is 35.9 Å². The average molecular weight is 238 g/mol. The number of benzene rings is 1. The van der Waals surface area contributed by atoms with Crippen molar-refractivity contribution in [1.29, 1.82) is 0 Å². The number of hydrogen-bond acceptors (Lipinski definition) is 4. The number of hydrogen-bond donors (Lipinski definition) is 1. The molecule has 0 bridgehead atoms. The molecule has 1 heterocycles. The largest absolute Gasteiger partial charge is 0.374 e. The van der Waals surface area contributed by atoms with Crippen molar-refractivity contribution in [2.75, 3.05) is 19.8 Å². The predicted octanol–water partition coefficient (Wildman–Crippen LogP) is 1.33. The molecule has 1 aliphatic heterocycles. The van der Waals surface area contributed by atoms with Crippen molar-refractivity contribution in [3.8, 4) is 0 Å². The molecule has 1 aromatic rings. The molecule has 17 heavy (non-hydrogen) atoms. The summed E-state index contributed by atoms with van der Waals surface area (Å²) in [5.74, 6) is 0. The maximum Gasteiger partial charge on any atom is 0.181 e. The van der Waals surface area contributed by atoms with Crippen molar-refractivity contribution in [2.45, 2.75) is 25.4 Å². The zero-order chi connectivity index (χ0) is 11.9. The monoisotopic (exact) mass is 238 g/mol. The van der Waals surface area contributed by atoms with E-state index >= 15 is 0 Å². The fourth-order valence-electron chi connectivity index (χ4n) is 1.74. The molecule has 0 amide bonds. The minimum Gasteiger partial charge on any atom is -0.374 e. The van der Waals surface area contributed by atoms with E-state index in [0.29, 0.717) is 26.4 Å². The Morgan fingerprint density at radius 2 is 2.06 bits per heavy atom. The predicted molar refractivity (Wildman–Crippen MR) is 62.4 cm³/mol. The standard InChI is InChI=1S/C13H18O4/c14-13-12(6-7-17-13)16-9-8-15-10-11-4-2-1-3-5-11/h1-5,12-14H,6-10H2. The molecular weight excluding hydrogens is 220 g/mol. The Kier molecular flexibility index (Phi) is 4.94. The normalized spacial score (nSPS) is 24.1. The summed E-state index contributed by atoms with van der Waals surface area (Å²) in [6.45, 7) is 2.17. The highest BCUT2D eigenvalue weighted by Gasteiger charge is 2.26. The summed E-state index contributed by atoms with van der Waals surface area (Å²) in [6, 6.07) is 10.0. The lowest BCUT2D eigenvalue weighted by Gasteiger charge is -2.14. The molecule has 4 nitrogen and oxygen atoms in total. The highest BCUT2D eigenvalue weighted by molar-refractivity contribution is 5.13. The summed E-state index contributed by atoms with van der Waals surface area (Å²) in [7, 11) is 0. The second-order valence-corrected chi connectivity index (χ2v) is 4.00. The van der Waals surface area contributed by atoms with Gasteiger partial charge in [0.25, 0.3) is 0 Å². The quantitative estimate of drug-likeness (QED) is 0.759. The van der Waals surface area contributed by atoms with Crippen LogP contribution in [0.1, 0.15) is 12.0 Å². The van der Waals surface area contributed by atoms with E-state index in [1.54, 1.807) is 0 Å². The van der Waals surface area contributed by atoms with Gasteiger partial charge in [0.15, 0.2) is 6.29 Å². The van der Waals surface area contributed by atoms with Gasteiger partial charge in [-0.25, -0.2) is 0 Å². The Labute approximate surface area is 101 Å². The molecule has 2 atom stereocenters. The molecule has 1 saturated heterocycles. The molecule has 1 fully saturated rings. The van der Waals surface area contributed by atoms with Crippen LogP contribution in [0, 0.1) is 0 Å². The molecule has 1 aromatic carbocycles. The Morgan fingerprint density at radius 3 is 2.76 bits per heavy atom. The topological polar surface area (TPSA) is 47.9 Å². The van der Waals surface area contributed by atoms with E-state index in [1.807, 2.05) is 30.3 Å². The SMILES string of the molecule is OC1OCCC1OCCOCc1ccccc1. The highest BCUT2D eigenvalue weighted by atomic mass is 16.6. The van der Waals surface area contributed by atoms with Crippen molar-refractivity contribution in [2.24, 2.45) is 0 Å². The molecule has 0 aliphatic carbocycles. The average Bonchev–Trinajstić information content (AvgIpc) is 2.76. The van der Waals surface area contributed by atoms with E-state index in [0.717, 1.165) is 12.0 Å². The number of rotatable bonds is 6. The Hall–Kier alpha value is -0.940. The Bertz CT molecular complexity index is 314. The summed E-state index contributed by atoms with van der Waals surface area (Å²) in [6.07, 6.45) is -0.223. The van der Waals surface area contributed by atoms with Crippen LogP contribution in [0.4, 0.5) is 0 Å². The van der Waals surface area contributed by atoms with Crippen LogP contribution in [0.5, 0.6) is 0 Å². The minimum absolute atomic E-state index is 0.199. The third kappa shape index (κ3) is 4.09. The molecular formula is C13H18O4. The third-order valence-corrected chi connectivity index (χ3v) is 2.68. The van der Waals surface area contributed by atoms with Crippen molar-refractivity contribution >= 4 is 0 Å². The van der Waals surface area contributed by atoms with Crippen LogP contribution in [0.3, 0.4) is 0 Å². The Balaban J connectivity index is 1.55. The van der Waals surface area contributed by atoms with Gasteiger partial charge in [-0.1, -0.05) is 30.3 Å². The Morgan fingerprint density at radius 1 is 1.24 bits per heavy atom. The molecule has 94 valence electrons. The van der Waals surface area contributed by atoms with Gasteiger partial charge in [0.1, 0.15) is 6.10 Å². The van der Waals surface area contributed by atoms with Crippen LogP contribution in [0.15, 0.2) is 30.3 Å². The highest BCUT2D eigenvalue weighted by Crippen LogP contribution is 2.14. The maximum atomic E-state index is 9.34. The van der Waals surface area contributed by atoms with Gasteiger partial charge >= 0.3 is 0 Å². The number of aliphatic hydroxyl groups is 1. The van der Waals surface area contributed by atoms with Crippen molar-refractivity contribution in [1.82, 2.24) is 0 Å². The van der Waals surface area contributed by atoms with Crippen molar-refractivity contribution < 1.29 is 19.3 Å². The molecule has 1 N–H and O–H groups in total. The molecule has 0 saturated carbocycles. The van der Waals surface area contributed by atoms with Gasteiger partial charge in [0.2, 0.25) is 0 Å². The molecule has 0 radical (unpaired) electrons. The first-order valence-electron chi connectivity index (χ1n) is 5.89. The van der Waals surface area contributed by atoms with Gasteiger partial charge < -0.3 is 19.3 Å². The van der Waals surface area contributed by atoms with E-state index < -0.39 is 6.29 Å². The smallest absolute Gasteiger partial charge is 0.181 e. The summed E-state index contributed by atoms with van der Waals surface area (Å²) >= 11 is 0. The second kappa shape index (κ2) is 6.71. The zero-order valence-electron chi connectivity index (χ0n) is 9.75. The fraction of sp³-hybridized carbons (Fsp3) is 0.538. The molecule has 2 unspecified atom stereocenters. The van der Waals surface area contributed by atoms with Crippen LogP contribution in [-0.4, -0.2) is 37.3 Å². The van der Waals surface area contributed by atoms with Gasteiger partial charge in [-0.05, 0) is 5.56 Å². The lowest BCUT2D eigenvalue weighted by molar-refractivity contribution is -0.132. The first kappa shape index (κ1) is 12.5. The third-order valence-electron chi connectivity index (χ3n) is 2.68. The minimum atomic E-state index is -0.774. The molecule has 1 aliphatic rings. The fourth-order valence-corrected chi connectivity index (χ4v) is 1.74. The van der Waals surface area contributed by atoms with Crippen LogP contribution >= 0.6 is 0 Å². The molecule has 0 aromatic heterocycles. The van der Waals surface area contributed by atoms with Gasteiger partial charge in [0, 0.05) is 6.42 Å². The van der Waals surface area contributed by atoms with E-state index in [2.05, 4.69) is 0 Å². The van der Waals surface area contributed by atoms with E-state index in [9.17, 15) is 5.11 Å². The summed E-state index contributed by atoms with van der Waals surface area (Å²) in [4.78, 5) is 0. The van der Waals surface area contributed by atoms with Crippen LogP contribution in [0.25, 0.3) is 0 Å². The second-order valence-electron chi connectivity index (χ2n) is 4.00. The lowest BCUT2D eigenvalue weighted by atomic mass is 10.2. The van der Waals surface area contributed by atoms with Crippen LogP contribution in [0.2, 0.25) is 0 Å². The van der Waals surface area contributed by atoms with Gasteiger partial charge in [-0.2, -0.15) is 0 Å². The van der Waals surface area contributed by atoms with Gasteiger partial charge in [0.05, 0.1) is 26.4 Å². The molecule has 0 spiro atoms. The summed E-state index contributed by atoms with van der Waals surface area (Å²) in [5.41, 5.74) is 1.15. The molecule has 2 rings (SSSR count). The van der Waals surface area contributed by atoms with Crippen LogP contribution in [-0.2, 0) is 20.8 Å². The van der Waals surface area contributed by atoms with E-state index in [-0.39, 0.29) is 6.10 Å². The van der Waals surface area contributed by atoms with Crippen molar-refractivity contribution in [3.63, 3.8) is 0 Å². The summed E-state index contributed by atoms with van der Waals surface area (Å²) < 4.78 is 15.9. The lowest BCUT2D eigenvalue weighted by Crippen LogP contribution is -2.25. The van der Waals surface area contributed by atoms with E-state index in [4.69, 9.17) is 14.2 Å². The van der Waals surface area contributed by atoms with Gasteiger partial charge in [-0.3, -0.25) is 0 Å². The van der Waals surface area contributed by atoms with E-state index in [1.165, 1.54) is 0 Å². The summed E-state index contributed by atoms with van der Waals surface area (Å²) in [5, 5.41) is 9.34. The van der Waals surface area contributed by atoms with Gasteiger partial charge in [-0.15, -0.1) is 0 Å². The first-order valence-corrected chi connectivity index (χ1v) is 5.89. The number of aliphatic hydroxyl groups excluding tert-OH is 1. The zero-order valence-corrected chi connectivity index (χ0v) is 9.75. The number of ether oxygens (including phenoxy) is 3. The first-order chi connectivity index (χ1) is 8.36. The molecule has 4 heteroatoms. The van der Waals surface area contributed by atoms with Crippen LogP contribution < -0.4 is 0 Å².